The lowest BCUT2D eigenvalue weighted by molar-refractivity contribution is -0.132. The summed E-state index contributed by atoms with van der Waals surface area (Å²) >= 11 is 12.8. The van der Waals surface area contributed by atoms with Crippen LogP contribution in [0, 0.1) is 11.3 Å². The van der Waals surface area contributed by atoms with Gasteiger partial charge < -0.3 is 19.3 Å². The van der Waals surface area contributed by atoms with Gasteiger partial charge in [0.05, 0.1) is 54.7 Å². The van der Waals surface area contributed by atoms with Gasteiger partial charge in [0.25, 0.3) is 11.7 Å². The number of nitriles is 1. The number of aliphatic hydroxyl groups excluding tert-OH is 1. The van der Waals surface area contributed by atoms with Crippen molar-refractivity contribution in [3.63, 3.8) is 0 Å². The molecule has 3 aromatic rings. The number of nitrogens with zero attached hydrogens (tertiary/aromatic N) is 2. The van der Waals surface area contributed by atoms with Gasteiger partial charge >= 0.3 is 0 Å². The minimum Gasteiger partial charge on any atom is -0.507 e. The Morgan fingerprint density at radius 2 is 1.74 bits per heavy atom. The second-order valence-corrected chi connectivity index (χ2v) is 9.32. The number of ketones is 1. The average molecular weight is 567 g/mol. The van der Waals surface area contributed by atoms with Crippen molar-refractivity contribution in [1.29, 1.82) is 5.26 Å². The van der Waals surface area contributed by atoms with Crippen LogP contribution in [0.5, 0.6) is 17.2 Å². The fourth-order valence-electron chi connectivity index (χ4n) is 4.40. The SMILES string of the molecule is CCCOc1cccc(C2/C(=C(\O)c3cc(Cl)c(OC)c(Cl)c3OC)C(=O)C(=O)N2c2ccc(C#N)cc2)c1. The molecule has 1 aliphatic rings. The molecule has 0 radical (unpaired) electrons. The number of hydrogen-bond donors (Lipinski definition) is 1. The Morgan fingerprint density at radius 1 is 1.05 bits per heavy atom. The molecule has 0 saturated carbocycles. The van der Waals surface area contributed by atoms with Crippen molar-refractivity contribution < 1.29 is 28.9 Å². The summed E-state index contributed by atoms with van der Waals surface area (Å²) < 4.78 is 16.5. The first-order valence-corrected chi connectivity index (χ1v) is 12.7. The molecule has 1 unspecified atom stereocenters. The topological polar surface area (TPSA) is 109 Å². The van der Waals surface area contributed by atoms with Gasteiger partial charge in [0.2, 0.25) is 0 Å². The molecule has 39 heavy (non-hydrogen) atoms. The molecule has 3 aromatic carbocycles. The Kier molecular flexibility index (Phi) is 8.34. The van der Waals surface area contributed by atoms with E-state index in [1.165, 1.54) is 25.2 Å². The van der Waals surface area contributed by atoms with Crippen LogP contribution in [-0.4, -0.2) is 37.6 Å². The first-order chi connectivity index (χ1) is 18.8. The number of methoxy groups -OCH3 is 2. The van der Waals surface area contributed by atoms with Crippen molar-refractivity contribution in [3.05, 3.63) is 86.9 Å². The first-order valence-electron chi connectivity index (χ1n) is 11.9. The second kappa shape index (κ2) is 11.7. The van der Waals surface area contributed by atoms with Gasteiger partial charge in [-0.2, -0.15) is 5.26 Å². The quantitative estimate of drug-likeness (QED) is 0.193. The van der Waals surface area contributed by atoms with Crippen LogP contribution in [0.25, 0.3) is 5.76 Å². The van der Waals surface area contributed by atoms with E-state index in [0.717, 1.165) is 6.42 Å². The third-order valence-electron chi connectivity index (χ3n) is 6.16. The summed E-state index contributed by atoms with van der Waals surface area (Å²) in [6.45, 7) is 2.45. The molecule has 1 amide bonds. The predicted octanol–water partition coefficient (Wildman–Crippen LogP) is 6.30. The van der Waals surface area contributed by atoms with E-state index in [9.17, 15) is 20.0 Å². The fraction of sp³-hybridized carbons (Fsp3) is 0.207. The van der Waals surface area contributed by atoms with Crippen molar-refractivity contribution in [2.45, 2.75) is 19.4 Å². The molecule has 0 spiro atoms. The normalized spacial score (nSPS) is 16.2. The molecule has 1 heterocycles. The zero-order valence-corrected chi connectivity index (χ0v) is 22.8. The Labute approximate surface area is 235 Å². The van der Waals surface area contributed by atoms with Gasteiger partial charge in [-0.1, -0.05) is 42.3 Å². The molecule has 4 rings (SSSR count). The highest BCUT2D eigenvalue weighted by atomic mass is 35.5. The summed E-state index contributed by atoms with van der Waals surface area (Å²) in [5.74, 6) is -1.64. The number of Topliss-reactive ketones (excluding diaryl/α,β-unsaturated/α-hetero) is 1. The summed E-state index contributed by atoms with van der Waals surface area (Å²) in [7, 11) is 2.72. The third kappa shape index (κ3) is 5.11. The van der Waals surface area contributed by atoms with E-state index in [0.29, 0.717) is 29.2 Å². The molecular weight excluding hydrogens is 543 g/mol. The van der Waals surface area contributed by atoms with Gasteiger partial charge in [-0.15, -0.1) is 0 Å². The maximum atomic E-state index is 13.5. The number of anilines is 1. The predicted molar refractivity (Wildman–Crippen MR) is 148 cm³/mol. The van der Waals surface area contributed by atoms with Crippen LogP contribution in [0.4, 0.5) is 5.69 Å². The van der Waals surface area contributed by atoms with Gasteiger partial charge in [0, 0.05) is 5.69 Å². The Bertz CT molecular complexity index is 1510. The molecule has 0 aliphatic carbocycles. The summed E-state index contributed by atoms with van der Waals surface area (Å²) in [5.41, 5.74) is 1.06. The standard InChI is InChI=1S/C29H24Cl2N2O6/c1-4-12-39-19-7-5-6-17(13-19)24-22(25(34)20-14-21(30)28(38-3)23(31)27(20)37-2)26(35)29(36)33(24)18-10-8-16(15-32)9-11-18/h5-11,13-14,24,34H,4,12H2,1-3H3/b25-22+. The fourth-order valence-corrected chi connectivity index (χ4v) is 5.08. The van der Waals surface area contributed by atoms with E-state index in [2.05, 4.69) is 0 Å². The average Bonchev–Trinajstić information content (AvgIpc) is 3.21. The van der Waals surface area contributed by atoms with E-state index in [1.807, 2.05) is 13.0 Å². The second-order valence-electron chi connectivity index (χ2n) is 8.54. The molecule has 10 heteroatoms. The Morgan fingerprint density at radius 3 is 2.36 bits per heavy atom. The van der Waals surface area contributed by atoms with Crippen LogP contribution in [0.3, 0.4) is 0 Å². The summed E-state index contributed by atoms with van der Waals surface area (Å²) in [4.78, 5) is 28.3. The van der Waals surface area contributed by atoms with E-state index in [4.69, 9.17) is 37.4 Å². The smallest absolute Gasteiger partial charge is 0.300 e. The van der Waals surface area contributed by atoms with Gasteiger partial charge in [0.1, 0.15) is 16.5 Å². The molecule has 1 N–H and O–H groups in total. The van der Waals surface area contributed by atoms with Crippen molar-refractivity contribution in [1.82, 2.24) is 0 Å². The highest BCUT2D eigenvalue weighted by Crippen LogP contribution is 2.48. The number of rotatable bonds is 8. The molecule has 200 valence electrons. The van der Waals surface area contributed by atoms with Crippen LogP contribution >= 0.6 is 23.2 Å². The van der Waals surface area contributed by atoms with Crippen LogP contribution in [0.2, 0.25) is 10.0 Å². The maximum Gasteiger partial charge on any atom is 0.300 e. The summed E-state index contributed by atoms with van der Waals surface area (Å²) in [6.07, 6.45) is 0.784. The van der Waals surface area contributed by atoms with E-state index in [1.54, 1.807) is 48.5 Å². The minimum absolute atomic E-state index is 0.00881. The highest BCUT2D eigenvalue weighted by Gasteiger charge is 2.47. The molecule has 0 bridgehead atoms. The minimum atomic E-state index is -1.05. The third-order valence-corrected chi connectivity index (χ3v) is 6.78. The van der Waals surface area contributed by atoms with Gasteiger partial charge in [-0.3, -0.25) is 14.5 Å². The molecule has 1 aliphatic heterocycles. The molecule has 1 fully saturated rings. The van der Waals surface area contributed by atoms with Crippen molar-refractivity contribution in [2.75, 3.05) is 25.7 Å². The van der Waals surface area contributed by atoms with Crippen LogP contribution in [-0.2, 0) is 9.59 Å². The van der Waals surface area contributed by atoms with E-state index in [-0.39, 0.29) is 32.7 Å². The number of amides is 1. The zero-order valence-electron chi connectivity index (χ0n) is 21.3. The zero-order chi connectivity index (χ0) is 28.3. The number of hydrogen-bond acceptors (Lipinski definition) is 7. The van der Waals surface area contributed by atoms with Crippen LogP contribution < -0.4 is 19.1 Å². The van der Waals surface area contributed by atoms with Crippen molar-refractivity contribution >= 4 is 46.3 Å². The van der Waals surface area contributed by atoms with Crippen molar-refractivity contribution in [2.24, 2.45) is 0 Å². The van der Waals surface area contributed by atoms with E-state index >= 15 is 0 Å². The number of aliphatic hydroxyl groups is 1. The Balaban J connectivity index is 1.99. The monoisotopic (exact) mass is 566 g/mol. The number of carbonyl (C=O) groups is 2. The Hall–Kier alpha value is -4.19. The molecular formula is C29H24Cl2N2O6. The first kappa shape index (κ1) is 27.8. The van der Waals surface area contributed by atoms with Gasteiger partial charge in [0.15, 0.2) is 11.5 Å². The largest absolute Gasteiger partial charge is 0.507 e. The van der Waals surface area contributed by atoms with Crippen molar-refractivity contribution in [3.8, 4) is 23.3 Å². The molecule has 1 saturated heterocycles. The maximum absolute atomic E-state index is 13.5. The summed E-state index contributed by atoms with van der Waals surface area (Å²) in [6, 6.07) is 15.5. The molecule has 1 atom stereocenters. The highest BCUT2D eigenvalue weighted by molar-refractivity contribution is 6.52. The summed E-state index contributed by atoms with van der Waals surface area (Å²) in [5, 5.41) is 20.9. The van der Waals surface area contributed by atoms with E-state index < -0.39 is 23.5 Å². The lowest BCUT2D eigenvalue weighted by atomic mass is 9.94. The number of benzene rings is 3. The lowest BCUT2D eigenvalue weighted by Gasteiger charge is -2.26. The lowest BCUT2D eigenvalue weighted by Crippen LogP contribution is -2.29. The molecule has 0 aromatic heterocycles. The van der Waals surface area contributed by atoms with Crippen LogP contribution in [0.15, 0.2) is 60.2 Å². The number of ether oxygens (including phenoxy) is 3. The van der Waals surface area contributed by atoms with Gasteiger partial charge in [-0.25, -0.2) is 0 Å². The molecule has 8 nitrogen and oxygen atoms in total. The van der Waals surface area contributed by atoms with Crippen LogP contribution in [0.1, 0.15) is 36.1 Å². The number of halogens is 2. The van der Waals surface area contributed by atoms with Gasteiger partial charge in [-0.05, 0) is 54.4 Å². The number of carbonyl (C=O) groups excluding carboxylic acids is 2.